The monoisotopic (exact) mass is 347 g/mol. The standard InChI is InChI=1S/C16H21N5O2S/c1-12-10-15(19-14-7-3-4-8-17-14)20-16(18-12)13-6-5-9-21(11-13)24(2,22)23/h3-4,7-8,10,13H,5-6,9,11H2,1-2H3,(H,17,18,19,20). The first-order chi connectivity index (χ1) is 11.4. The summed E-state index contributed by atoms with van der Waals surface area (Å²) in [4.78, 5) is 13.3. The molecule has 2 aromatic heterocycles. The Morgan fingerprint density at radius 3 is 2.79 bits per heavy atom. The number of sulfonamides is 1. The van der Waals surface area contributed by atoms with Gasteiger partial charge >= 0.3 is 0 Å². The molecule has 1 aliphatic heterocycles. The van der Waals surface area contributed by atoms with Gasteiger partial charge in [-0.25, -0.2) is 27.7 Å². The first kappa shape index (κ1) is 16.8. The number of hydrogen-bond acceptors (Lipinski definition) is 6. The molecule has 0 bridgehead atoms. The van der Waals surface area contributed by atoms with Crippen LogP contribution in [0.15, 0.2) is 30.5 Å². The molecule has 3 rings (SSSR count). The second-order valence-corrected chi connectivity index (χ2v) is 8.04. The van der Waals surface area contributed by atoms with Crippen LogP contribution in [-0.2, 0) is 10.0 Å². The molecule has 0 aromatic carbocycles. The lowest BCUT2D eigenvalue weighted by Crippen LogP contribution is -2.38. The summed E-state index contributed by atoms with van der Waals surface area (Å²) in [5.41, 5.74) is 0.843. The zero-order valence-corrected chi connectivity index (χ0v) is 14.6. The zero-order valence-electron chi connectivity index (χ0n) is 13.8. The van der Waals surface area contributed by atoms with Crippen LogP contribution in [0, 0.1) is 6.92 Å². The van der Waals surface area contributed by atoms with Gasteiger partial charge in [-0.2, -0.15) is 0 Å². The second-order valence-electron chi connectivity index (χ2n) is 6.05. The number of rotatable bonds is 4. The lowest BCUT2D eigenvalue weighted by molar-refractivity contribution is 0.311. The molecule has 1 saturated heterocycles. The van der Waals surface area contributed by atoms with Crippen molar-refractivity contribution < 1.29 is 8.42 Å². The number of aryl methyl sites for hydroxylation is 1. The normalized spacial score (nSPS) is 19.2. The maximum Gasteiger partial charge on any atom is 0.211 e. The van der Waals surface area contributed by atoms with Crippen molar-refractivity contribution in [1.82, 2.24) is 19.3 Å². The number of nitrogens with one attached hydrogen (secondary N) is 1. The molecular formula is C16H21N5O2S. The molecule has 1 aliphatic rings. The van der Waals surface area contributed by atoms with Gasteiger partial charge in [0.25, 0.3) is 0 Å². The van der Waals surface area contributed by atoms with Gasteiger partial charge in [0.15, 0.2) is 0 Å². The SMILES string of the molecule is Cc1cc(Nc2ccccn2)nc(C2CCCN(S(C)(=O)=O)C2)n1. The number of hydrogen-bond donors (Lipinski definition) is 1. The van der Waals surface area contributed by atoms with E-state index in [0.29, 0.717) is 30.5 Å². The van der Waals surface area contributed by atoms with Gasteiger partial charge in [-0.1, -0.05) is 6.07 Å². The van der Waals surface area contributed by atoms with E-state index in [1.807, 2.05) is 31.2 Å². The van der Waals surface area contributed by atoms with Gasteiger partial charge in [0.05, 0.1) is 6.26 Å². The van der Waals surface area contributed by atoms with Gasteiger partial charge in [0.2, 0.25) is 10.0 Å². The Hall–Kier alpha value is -2.06. The lowest BCUT2D eigenvalue weighted by Gasteiger charge is -2.30. The average molecular weight is 347 g/mol. The molecule has 0 aliphatic carbocycles. The molecular weight excluding hydrogens is 326 g/mol. The topological polar surface area (TPSA) is 88.1 Å². The molecule has 3 heterocycles. The van der Waals surface area contributed by atoms with E-state index in [-0.39, 0.29) is 5.92 Å². The molecule has 0 saturated carbocycles. The molecule has 0 spiro atoms. The van der Waals surface area contributed by atoms with E-state index in [2.05, 4.69) is 20.3 Å². The molecule has 0 amide bonds. The summed E-state index contributed by atoms with van der Waals surface area (Å²) in [7, 11) is -3.18. The van der Waals surface area contributed by atoms with Crippen molar-refractivity contribution in [2.24, 2.45) is 0 Å². The Morgan fingerprint density at radius 1 is 1.25 bits per heavy atom. The minimum absolute atomic E-state index is 0.0117. The van der Waals surface area contributed by atoms with Crippen LogP contribution in [0.25, 0.3) is 0 Å². The Morgan fingerprint density at radius 2 is 2.08 bits per heavy atom. The Labute approximate surface area is 142 Å². The van der Waals surface area contributed by atoms with Crippen molar-refractivity contribution in [2.75, 3.05) is 24.7 Å². The molecule has 8 heteroatoms. The largest absolute Gasteiger partial charge is 0.325 e. The third kappa shape index (κ3) is 4.07. The summed E-state index contributed by atoms with van der Waals surface area (Å²) in [6, 6.07) is 7.47. The summed E-state index contributed by atoms with van der Waals surface area (Å²) in [6.07, 6.45) is 4.67. The van der Waals surface area contributed by atoms with Crippen LogP contribution in [0.2, 0.25) is 0 Å². The predicted molar refractivity (Wildman–Crippen MR) is 92.7 cm³/mol. The maximum atomic E-state index is 11.8. The van der Waals surface area contributed by atoms with Crippen LogP contribution < -0.4 is 5.32 Å². The van der Waals surface area contributed by atoms with E-state index < -0.39 is 10.0 Å². The van der Waals surface area contributed by atoms with Crippen molar-refractivity contribution in [3.05, 3.63) is 42.0 Å². The summed E-state index contributed by atoms with van der Waals surface area (Å²) < 4.78 is 25.1. The molecule has 0 radical (unpaired) electrons. The fourth-order valence-electron chi connectivity index (χ4n) is 2.86. The molecule has 128 valence electrons. The minimum atomic E-state index is -3.18. The van der Waals surface area contributed by atoms with Crippen LogP contribution >= 0.6 is 0 Å². The van der Waals surface area contributed by atoms with Crippen LogP contribution in [0.1, 0.15) is 30.3 Å². The van der Waals surface area contributed by atoms with E-state index in [4.69, 9.17) is 0 Å². The highest BCUT2D eigenvalue weighted by Crippen LogP contribution is 2.27. The second kappa shape index (κ2) is 6.82. The number of pyridine rings is 1. The zero-order chi connectivity index (χ0) is 17.2. The van der Waals surface area contributed by atoms with Crippen molar-refractivity contribution >= 4 is 21.7 Å². The van der Waals surface area contributed by atoms with Crippen LogP contribution in [0.4, 0.5) is 11.6 Å². The molecule has 1 fully saturated rings. The van der Waals surface area contributed by atoms with Gasteiger partial charge in [-0.15, -0.1) is 0 Å². The molecule has 1 N–H and O–H groups in total. The van der Waals surface area contributed by atoms with Gasteiger partial charge in [0.1, 0.15) is 17.5 Å². The van der Waals surface area contributed by atoms with Crippen LogP contribution in [0.3, 0.4) is 0 Å². The van der Waals surface area contributed by atoms with E-state index >= 15 is 0 Å². The Bertz CT molecular complexity index is 810. The fourth-order valence-corrected chi connectivity index (χ4v) is 3.77. The molecule has 1 atom stereocenters. The van der Waals surface area contributed by atoms with Gasteiger partial charge < -0.3 is 5.32 Å². The summed E-state index contributed by atoms with van der Waals surface area (Å²) in [5, 5.41) is 3.17. The minimum Gasteiger partial charge on any atom is -0.325 e. The van der Waals surface area contributed by atoms with Crippen LogP contribution in [0.5, 0.6) is 0 Å². The van der Waals surface area contributed by atoms with Crippen molar-refractivity contribution in [3.63, 3.8) is 0 Å². The van der Waals surface area contributed by atoms with Crippen LogP contribution in [-0.4, -0.2) is 47.0 Å². The molecule has 2 aromatic rings. The average Bonchev–Trinajstić information content (AvgIpc) is 2.54. The van der Waals surface area contributed by atoms with E-state index in [9.17, 15) is 8.42 Å². The predicted octanol–water partition coefficient (Wildman–Crippen LogP) is 2.06. The highest BCUT2D eigenvalue weighted by molar-refractivity contribution is 7.88. The first-order valence-corrected chi connectivity index (χ1v) is 9.75. The van der Waals surface area contributed by atoms with Gasteiger partial charge in [-0.05, 0) is 31.9 Å². The summed E-state index contributed by atoms with van der Waals surface area (Å²) in [6.45, 7) is 2.91. The van der Waals surface area contributed by atoms with E-state index in [1.54, 1.807) is 6.20 Å². The maximum absolute atomic E-state index is 11.8. The fraction of sp³-hybridized carbons (Fsp3) is 0.438. The van der Waals surface area contributed by atoms with Crippen molar-refractivity contribution in [1.29, 1.82) is 0 Å². The lowest BCUT2D eigenvalue weighted by atomic mass is 9.99. The smallest absolute Gasteiger partial charge is 0.211 e. The highest BCUT2D eigenvalue weighted by atomic mass is 32.2. The molecule has 24 heavy (non-hydrogen) atoms. The van der Waals surface area contributed by atoms with Gasteiger partial charge in [0, 0.05) is 37.0 Å². The molecule has 7 nitrogen and oxygen atoms in total. The van der Waals surface area contributed by atoms with Gasteiger partial charge in [-0.3, -0.25) is 0 Å². The molecule has 1 unspecified atom stereocenters. The number of piperidine rings is 1. The number of aromatic nitrogens is 3. The summed E-state index contributed by atoms with van der Waals surface area (Å²) >= 11 is 0. The quantitative estimate of drug-likeness (QED) is 0.911. The number of anilines is 2. The van der Waals surface area contributed by atoms with E-state index in [0.717, 1.165) is 18.5 Å². The van der Waals surface area contributed by atoms with Crippen molar-refractivity contribution in [3.8, 4) is 0 Å². The number of nitrogens with zero attached hydrogens (tertiary/aromatic N) is 4. The van der Waals surface area contributed by atoms with Crippen molar-refractivity contribution in [2.45, 2.75) is 25.7 Å². The third-order valence-corrected chi connectivity index (χ3v) is 5.28. The summed E-state index contributed by atoms with van der Waals surface area (Å²) in [5.74, 6) is 2.08. The highest BCUT2D eigenvalue weighted by Gasteiger charge is 2.28. The Kier molecular flexibility index (Phi) is 4.77. The van der Waals surface area contributed by atoms with E-state index in [1.165, 1.54) is 10.6 Å². The third-order valence-electron chi connectivity index (χ3n) is 4.01. The Balaban J connectivity index is 1.83. The first-order valence-electron chi connectivity index (χ1n) is 7.90.